The van der Waals surface area contributed by atoms with E-state index in [1.54, 1.807) is 0 Å². The van der Waals surface area contributed by atoms with Crippen LogP contribution in [-0.2, 0) is 6.42 Å². The topological polar surface area (TPSA) is 38.9 Å². The summed E-state index contributed by atoms with van der Waals surface area (Å²) in [4.78, 5) is 0. The molecule has 0 bridgehead atoms. The van der Waals surface area contributed by atoms with Crippen LogP contribution in [0.2, 0.25) is 0 Å². The van der Waals surface area contributed by atoms with Crippen LogP contribution in [0.25, 0.3) is 11.5 Å². The summed E-state index contributed by atoms with van der Waals surface area (Å²) in [6, 6.07) is 7.75. The van der Waals surface area contributed by atoms with Gasteiger partial charge < -0.3 is 4.42 Å². The predicted octanol–water partition coefficient (Wildman–Crippen LogP) is 3.67. The SMILES string of the molecule is ClCCCc1nnc(-c2ccc(Br)cc2)o1. The Morgan fingerprint density at radius 2 is 1.94 bits per heavy atom. The molecule has 0 aliphatic heterocycles. The number of halogens is 2. The van der Waals surface area contributed by atoms with Gasteiger partial charge in [0, 0.05) is 22.3 Å². The molecule has 84 valence electrons. The quantitative estimate of drug-likeness (QED) is 0.809. The monoisotopic (exact) mass is 300 g/mol. The van der Waals surface area contributed by atoms with Crippen molar-refractivity contribution in [1.29, 1.82) is 0 Å². The van der Waals surface area contributed by atoms with Crippen molar-refractivity contribution < 1.29 is 4.42 Å². The molecule has 2 aromatic rings. The largest absolute Gasteiger partial charge is 0.421 e. The van der Waals surface area contributed by atoms with Gasteiger partial charge in [0.15, 0.2) is 0 Å². The van der Waals surface area contributed by atoms with Crippen LogP contribution in [0.3, 0.4) is 0 Å². The number of hydrogen-bond donors (Lipinski definition) is 0. The molecule has 0 N–H and O–H groups in total. The Kier molecular flexibility index (Phi) is 3.96. The molecule has 0 unspecified atom stereocenters. The molecule has 0 amide bonds. The van der Waals surface area contributed by atoms with Crippen molar-refractivity contribution in [2.45, 2.75) is 12.8 Å². The summed E-state index contributed by atoms with van der Waals surface area (Å²) in [6.07, 6.45) is 1.58. The first-order valence-corrected chi connectivity index (χ1v) is 6.26. The van der Waals surface area contributed by atoms with Gasteiger partial charge in [-0.2, -0.15) is 0 Å². The molecular weight excluding hydrogens is 291 g/mol. The number of nitrogens with zero attached hydrogens (tertiary/aromatic N) is 2. The molecule has 0 atom stereocenters. The minimum absolute atomic E-state index is 0.553. The minimum Gasteiger partial charge on any atom is -0.421 e. The maximum absolute atomic E-state index is 5.60. The van der Waals surface area contributed by atoms with Gasteiger partial charge in [0.05, 0.1) is 0 Å². The second-order valence-corrected chi connectivity index (χ2v) is 4.59. The standard InChI is InChI=1S/C11H10BrClN2O/c12-9-5-3-8(4-6-9)11-15-14-10(16-11)2-1-7-13/h3-6H,1-2,7H2. The summed E-state index contributed by atoms with van der Waals surface area (Å²) in [7, 11) is 0. The summed E-state index contributed by atoms with van der Waals surface area (Å²) < 4.78 is 6.54. The summed E-state index contributed by atoms with van der Waals surface area (Å²) in [5.41, 5.74) is 0.924. The highest BCUT2D eigenvalue weighted by Gasteiger charge is 2.07. The van der Waals surface area contributed by atoms with Crippen molar-refractivity contribution in [1.82, 2.24) is 10.2 Å². The third kappa shape index (κ3) is 2.83. The van der Waals surface area contributed by atoms with E-state index in [4.69, 9.17) is 16.0 Å². The number of alkyl halides is 1. The van der Waals surface area contributed by atoms with Gasteiger partial charge in [-0.3, -0.25) is 0 Å². The fourth-order valence-corrected chi connectivity index (χ4v) is 1.68. The zero-order valence-electron chi connectivity index (χ0n) is 8.49. The van der Waals surface area contributed by atoms with Gasteiger partial charge in [-0.05, 0) is 30.7 Å². The number of rotatable bonds is 4. The molecule has 0 radical (unpaired) electrons. The number of aryl methyl sites for hydroxylation is 1. The third-order valence-corrected chi connectivity index (χ3v) is 2.88. The highest BCUT2D eigenvalue weighted by Crippen LogP contribution is 2.20. The zero-order chi connectivity index (χ0) is 11.4. The molecule has 0 fully saturated rings. The van der Waals surface area contributed by atoms with Crippen LogP contribution in [0.4, 0.5) is 0 Å². The highest BCUT2D eigenvalue weighted by atomic mass is 79.9. The van der Waals surface area contributed by atoms with Gasteiger partial charge in [-0.15, -0.1) is 21.8 Å². The van der Waals surface area contributed by atoms with Crippen molar-refractivity contribution in [3.05, 3.63) is 34.6 Å². The molecule has 1 aromatic carbocycles. The highest BCUT2D eigenvalue weighted by molar-refractivity contribution is 9.10. The van der Waals surface area contributed by atoms with E-state index in [9.17, 15) is 0 Å². The van der Waals surface area contributed by atoms with Crippen LogP contribution < -0.4 is 0 Å². The molecule has 0 aliphatic rings. The van der Waals surface area contributed by atoms with Crippen molar-refractivity contribution in [2.24, 2.45) is 0 Å². The lowest BCUT2D eigenvalue weighted by molar-refractivity contribution is 0.502. The van der Waals surface area contributed by atoms with E-state index < -0.39 is 0 Å². The summed E-state index contributed by atoms with van der Waals surface area (Å²) >= 11 is 8.97. The fourth-order valence-electron chi connectivity index (χ4n) is 1.28. The molecular formula is C11H10BrClN2O. The van der Waals surface area contributed by atoms with E-state index in [0.29, 0.717) is 17.7 Å². The molecule has 16 heavy (non-hydrogen) atoms. The van der Waals surface area contributed by atoms with Crippen LogP contribution >= 0.6 is 27.5 Å². The molecule has 5 heteroatoms. The zero-order valence-corrected chi connectivity index (χ0v) is 10.8. The van der Waals surface area contributed by atoms with Crippen molar-refractivity contribution >= 4 is 27.5 Å². The average Bonchev–Trinajstić information content (AvgIpc) is 2.76. The molecule has 0 spiro atoms. The minimum atomic E-state index is 0.553. The lowest BCUT2D eigenvalue weighted by Crippen LogP contribution is -1.85. The normalized spacial score (nSPS) is 10.6. The van der Waals surface area contributed by atoms with E-state index >= 15 is 0 Å². The Morgan fingerprint density at radius 3 is 2.62 bits per heavy atom. The first kappa shape index (κ1) is 11.6. The second-order valence-electron chi connectivity index (χ2n) is 3.30. The van der Waals surface area contributed by atoms with E-state index in [1.807, 2.05) is 24.3 Å². The van der Waals surface area contributed by atoms with Crippen LogP contribution in [0.5, 0.6) is 0 Å². The summed E-state index contributed by atoms with van der Waals surface area (Å²) in [5, 5.41) is 7.96. The maximum atomic E-state index is 5.60. The summed E-state index contributed by atoms with van der Waals surface area (Å²) in [6.45, 7) is 0. The first-order chi connectivity index (χ1) is 7.79. The number of hydrogen-bond acceptors (Lipinski definition) is 3. The molecule has 3 nitrogen and oxygen atoms in total. The van der Waals surface area contributed by atoms with E-state index in [-0.39, 0.29) is 0 Å². The van der Waals surface area contributed by atoms with E-state index in [2.05, 4.69) is 26.1 Å². The Balaban J connectivity index is 2.15. The van der Waals surface area contributed by atoms with E-state index in [0.717, 1.165) is 22.9 Å². The van der Waals surface area contributed by atoms with Crippen LogP contribution in [-0.4, -0.2) is 16.1 Å². The van der Waals surface area contributed by atoms with Gasteiger partial charge in [0.25, 0.3) is 0 Å². The van der Waals surface area contributed by atoms with Crippen molar-refractivity contribution in [2.75, 3.05) is 5.88 Å². The van der Waals surface area contributed by atoms with Crippen molar-refractivity contribution in [3.63, 3.8) is 0 Å². The van der Waals surface area contributed by atoms with Gasteiger partial charge >= 0.3 is 0 Å². The summed E-state index contributed by atoms with van der Waals surface area (Å²) in [5.74, 6) is 1.80. The fraction of sp³-hybridized carbons (Fsp3) is 0.273. The second kappa shape index (κ2) is 5.46. The molecule has 0 aliphatic carbocycles. The van der Waals surface area contributed by atoms with Gasteiger partial charge in [0.2, 0.25) is 11.8 Å². The maximum Gasteiger partial charge on any atom is 0.247 e. The molecule has 0 saturated carbocycles. The van der Waals surface area contributed by atoms with Gasteiger partial charge in [0.1, 0.15) is 0 Å². The Labute approximate surface area is 107 Å². The van der Waals surface area contributed by atoms with Gasteiger partial charge in [-0.1, -0.05) is 15.9 Å². The van der Waals surface area contributed by atoms with Crippen molar-refractivity contribution in [3.8, 4) is 11.5 Å². The average molecular weight is 302 g/mol. The van der Waals surface area contributed by atoms with Crippen LogP contribution in [0.15, 0.2) is 33.2 Å². The molecule has 0 saturated heterocycles. The molecule has 1 heterocycles. The lowest BCUT2D eigenvalue weighted by Gasteiger charge is -1.94. The Bertz CT molecular complexity index is 455. The lowest BCUT2D eigenvalue weighted by atomic mass is 10.2. The van der Waals surface area contributed by atoms with E-state index in [1.165, 1.54) is 0 Å². The Morgan fingerprint density at radius 1 is 1.19 bits per heavy atom. The number of benzene rings is 1. The first-order valence-electron chi connectivity index (χ1n) is 4.94. The Hall–Kier alpha value is -0.870. The molecule has 2 rings (SSSR count). The van der Waals surface area contributed by atoms with Crippen LogP contribution in [0, 0.1) is 0 Å². The number of aromatic nitrogens is 2. The van der Waals surface area contributed by atoms with Gasteiger partial charge in [-0.25, -0.2) is 0 Å². The molecule has 1 aromatic heterocycles. The predicted molar refractivity (Wildman–Crippen MR) is 66.5 cm³/mol. The smallest absolute Gasteiger partial charge is 0.247 e. The third-order valence-electron chi connectivity index (χ3n) is 2.08. The van der Waals surface area contributed by atoms with Crippen LogP contribution in [0.1, 0.15) is 12.3 Å².